The van der Waals surface area contributed by atoms with E-state index in [2.05, 4.69) is 5.32 Å². The first-order valence-corrected chi connectivity index (χ1v) is 6.40. The minimum atomic E-state index is -0.578. The minimum Gasteiger partial charge on any atom is -0.461 e. The number of nitrogens with one attached hydrogen (secondary N) is 1. The van der Waals surface area contributed by atoms with E-state index in [0.29, 0.717) is 0 Å². The zero-order chi connectivity index (χ0) is 12.2. The van der Waals surface area contributed by atoms with Gasteiger partial charge >= 0.3 is 5.97 Å². The van der Waals surface area contributed by atoms with E-state index in [1.54, 1.807) is 0 Å². The molecular weight excluding hydrogens is 202 g/mol. The molecule has 1 aliphatic carbocycles. The Bertz CT molecular complexity index is 230. The SMILES string of the molecule is CC(C)NC(C)(C)C(=O)OC1CCCCC1. The van der Waals surface area contributed by atoms with Crippen LogP contribution in [0.2, 0.25) is 0 Å². The maximum atomic E-state index is 12.0. The summed E-state index contributed by atoms with van der Waals surface area (Å²) in [5, 5.41) is 3.23. The first kappa shape index (κ1) is 13.5. The first-order chi connectivity index (χ1) is 7.42. The molecular formula is C13H25NO2. The lowest BCUT2D eigenvalue weighted by Crippen LogP contribution is -2.51. The van der Waals surface area contributed by atoms with Crippen LogP contribution in [0.15, 0.2) is 0 Å². The number of esters is 1. The molecule has 0 heterocycles. The van der Waals surface area contributed by atoms with Gasteiger partial charge in [-0.3, -0.25) is 4.79 Å². The number of carbonyl (C=O) groups is 1. The maximum Gasteiger partial charge on any atom is 0.326 e. The van der Waals surface area contributed by atoms with Crippen LogP contribution in [0.25, 0.3) is 0 Å². The summed E-state index contributed by atoms with van der Waals surface area (Å²) in [7, 11) is 0. The van der Waals surface area contributed by atoms with Crippen molar-refractivity contribution in [1.29, 1.82) is 0 Å². The Morgan fingerprint density at radius 1 is 1.25 bits per heavy atom. The van der Waals surface area contributed by atoms with E-state index in [1.807, 2.05) is 27.7 Å². The van der Waals surface area contributed by atoms with Crippen LogP contribution in [0.4, 0.5) is 0 Å². The van der Waals surface area contributed by atoms with Crippen molar-refractivity contribution in [1.82, 2.24) is 5.32 Å². The van der Waals surface area contributed by atoms with Crippen molar-refractivity contribution in [2.45, 2.75) is 77.5 Å². The third kappa shape index (κ3) is 4.12. The van der Waals surface area contributed by atoms with Crippen molar-refractivity contribution in [2.75, 3.05) is 0 Å². The number of ether oxygens (including phenoxy) is 1. The molecule has 1 rings (SSSR count). The molecule has 3 nitrogen and oxygen atoms in total. The molecule has 0 saturated heterocycles. The highest BCUT2D eigenvalue weighted by Crippen LogP contribution is 2.22. The third-order valence-corrected chi connectivity index (χ3v) is 2.99. The molecule has 0 aromatic heterocycles. The van der Waals surface area contributed by atoms with Gasteiger partial charge in [0.1, 0.15) is 11.6 Å². The topological polar surface area (TPSA) is 38.3 Å². The van der Waals surface area contributed by atoms with Gasteiger partial charge in [0, 0.05) is 6.04 Å². The molecule has 0 aliphatic heterocycles. The second-order valence-corrected chi connectivity index (χ2v) is 5.59. The molecule has 0 aromatic carbocycles. The highest BCUT2D eigenvalue weighted by Gasteiger charge is 2.31. The third-order valence-electron chi connectivity index (χ3n) is 2.99. The predicted molar refractivity (Wildman–Crippen MR) is 65.3 cm³/mol. The Balaban J connectivity index is 2.43. The summed E-state index contributed by atoms with van der Waals surface area (Å²) in [4.78, 5) is 12.0. The van der Waals surface area contributed by atoms with Crippen molar-refractivity contribution < 1.29 is 9.53 Å². The van der Waals surface area contributed by atoms with Crippen molar-refractivity contribution in [3.8, 4) is 0 Å². The van der Waals surface area contributed by atoms with Crippen molar-refractivity contribution in [3.05, 3.63) is 0 Å². The van der Waals surface area contributed by atoms with Crippen molar-refractivity contribution in [2.24, 2.45) is 0 Å². The van der Waals surface area contributed by atoms with Gasteiger partial charge in [-0.25, -0.2) is 0 Å². The van der Waals surface area contributed by atoms with Crippen LogP contribution in [0.1, 0.15) is 59.8 Å². The maximum absolute atomic E-state index is 12.0. The lowest BCUT2D eigenvalue weighted by molar-refractivity contribution is -0.157. The standard InChI is InChI=1S/C13H25NO2/c1-10(2)14-13(3,4)12(15)16-11-8-6-5-7-9-11/h10-11,14H,5-9H2,1-4H3. The van der Waals surface area contributed by atoms with E-state index in [-0.39, 0.29) is 18.1 Å². The van der Waals surface area contributed by atoms with Crippen LogP contribution in [0.3, 0.4) is 0 Å². The van der Waals surface area contributed by atoms with Gasteiger partial charge in [0.15, 0.2) is 0 Å². The molecule has 0 amide bonds. The fourth-order valence-electron chi connectivity index (χ4n) is 2.26. The summed E-state index contributed by atoms with van der Waals surface area (Å²) >= 11 is 0. The average molecular weight is 227 g/mol. The van der Waals surface area contributed by atoms with Crippen LogP contribution in [0.5, 0.6) is 0 Å². The van der Waals surface area contributed by atoms with E-state index >= 15 is 0 Å². The lowest BCUT2D eigenvalue weighted by Gasteiger charge is -2.30. The summed E-state index contributed by atoms with van der Waals surface area (Å²) in [5.74, 6) is -0.117. The monoisotopic (exact) mass is 227 g/mol. The predicted octanol–water partition coefficient (Wildman–Crippen LogP) is 2.64. The molecule has 1 saturated carbocycles. The molecule has 0 unspecified atom stereocenters. The Kier molecular flexibility index (Phi) is 4.78. The van der Waals surface area contributed by atoms with Crippen LogP contribution < -0.4 is 5.32 Å². The number of rotatable bonds is 4. The summed E-state index contributed by atoms with van der Waals surface area (Å²) in [6, 6.07) is 0.286. The van der Waals surface area contributed by atoms with Gasteiger partial charge in [-0.15, -0.1) is 0 Å². The Morgan fingerprint density at radius 2 is 1.81 bits per heavy atom. The van der Waals surface area contributed by atoms with Gasteiger partial charge in [0.05, 0.1) is 0 Å². The van der Waals surface area contributed by atoms with Crippen LogP contribution in [0, 0.1) is 0 Å². The molecule has 0 spiro atoms. The van der Waals surface area contributed by atoms with E-state index in [1.165, 1.54) is 19.3 Å². The Hall–Kier alpha value is -0.570. The Morgan fingerprint density at radius 3 is 2.31 bits per heavy atom. The summed E-state index contributed by atoms with van der Waals surface area (Å²) in [5.41, 5.74) is -0.578. The van der Waals surface area contributed by atoms with Crippen LogP contribution >= 0.6 is 0 Å². The second kappa shape index (κ2) is 5.67. The molecule has 1 N–H and O–H groups in total. The summed E-state index contributed by atoms with van der Waals surface area (Å²) < 4.78 is 5.56. The van der Waals surface area contributed by atoms with E-state index < -0.39 is 5.54 Å². The second-order valence-electron chi connectivity index (χ2n) is 5.59. The zero-order valence-electron chi connectivity index (χ0n) is 11.0. The van der Waals surface area contributed by atoms with Gasteiger partial charge < -0.3 is 10.1 Å². The summed E-state index contributed by atoms with van der Waals surface area (Å²) in [6.45, 7) is 7.85. The minimum absolute atomic E-state index is 0.117. The normalized spacial score (nSPS) is 18.8. The molecule has 0 radical (unpaired) electrons. The number of hydrogen-bond donors (Lipinski definition) is 1. The molecule has 3 heteroatoms. The summed E-state index contributed by atoms with van der Waals surface area (Å²) in [6.07, 6.45) is 5.87. The van der Waals surface area contributed by atoms with E-state index in [0.717, 1.165) is 12.8 Å². The smallest absolute Gasteiger partial charge is 0.326 e. The van der Waals surface area contributed by atoms with E-state index in [9.17, 15) is 4.79 Å². The van der Waals surface area contributed by atoms with Crippen molar-refractivity contribution in [3.63, 3.8) is 0 Å². The van der Waals surface area contributed by atoms with Crippen molar-refractivity contribution >= 4 is 5.97 Å². The van der Waals surface area contributed by atoms with Gasteiger partial charge in [0.2, 0.25) is 0 Å². The van der Waals surface area contributed by atoms with Gasteiger partial charge in [-0.05, 0) is 53.4 Å². The largest absolute Gasteiger partial charge is 0.461 e. The molecule has 0 atom stereocenters. The molecule has 1 fully saturated rings. The highest BCUT2D eigenvalue weighted by atomic mass is 16.5. The van der Waals surface area contributed by atoms with Gasteiger partial charge in [0.25, 0.3) is 0 Å². The molecule has 0 bridgehead atoms. The van der Waals surface area contributed by atoms with E-state index in [4.69, 9.17) is 4.74 Å². The molecule has 0 aromatic rings. The van der Waals surface area contributed by atoms with Crippen LogP contribution in [-0.2, 0) is 9.53 Å². The Labute approximate surface area is 98.9 Å². The van der Waals surface area contributed by atoms with Gasteiger partial charge in [-0.2, -0.15) is 0 Å². The molecule has 94 valence electrons. The average Bonchev–Trinajstić information content (AvgIpc) is 2.17. The van der Waals surface area contributed by atoms with Crippen LogP contribution in [-0.4, -0.2) is 23.7 Å². The lowest BCUT2D eigenvalue weighted by atomic mass is 9.97. The first-order valence-electron chi connectivity index (χ1n) is 6.40. The quantitative estimate of drug-likeness (QED) is 0.750. The van der Waals surface area contributed by atoms with Gasteiger partial charge in [-0.1, -0.05) is 6.42 Å². The number of carbonyl (C=O) groups excluding carboxylic acids is 1. The zero-order valence-corrected chi connectivity index (χ0v) is 11.0. The molecule has 16 heavy (non-hydrogen) atoms. The number of hydrogen-bond acceptors (Lipinski definition) is 3. The molecule has 1 aliphatic rings. The highest BCUT2D eigenvalue weighted by molar-refractivity contribution is 5.80. The fraction of sp³-hybridized carbons (Fsp3) is 0.923. The fourth-order valence-corrected chi connectivity index (χ4v) is 2.26.